The topological polar surface area (TPSA) is 96.2 Å². The first kappa shape index (κ1) is 18.2. The summed E-state index contributed by atoms with van der Waals surface area (Å²) in [6.45, 7) is 1.21. The molecule has 2 N–H and O–H groups in total. The zero-order valence-corrected chi connectivity index (χ0v) is 16.2. The van der Waals surface area contributed by atoms with Gasteiger partial charge in [0.15, 0.2) is 0 Å². The Morgan fingerprint density at radius 1 is 1.20 bits per heavy atom. The second-order valence-electron chi connectivity index (χ2n) is 7.44. The monoisotopic (exact) mass is 403 g/mol. The Kier molecular flexibility index (Phi) is 4.59. The van der Waals surface area contributed by atoms with Crippen molar-refractivity contribution in [3.05, 3.63) is 78.1 Å². The van der Waals surface area contributed by atoms with Crippen molar-refractivity contribution in [2.24, 2.45) is 0 Å². The predicted octanol–water partition coefficient (Wildman–Crippen LogP) is 2.86. The molecule has 4 heterocycles. The normalized spacial score (nSPS) is 15.9. The van der Waals surface area contributed by atoms with E-state index in [-0.39, 0.29) is 24.3 Å². The van der Waals surface area contributed by atoms with Gasteiger partial charge in [0.25, 0.3) is 5.91 Å². The van der Waals surface area contributed by atoms with Crippen molar-refractivity contribution in [3.63, 3.8) is 0 Å². The Morgan fingerprint density at radius 2 is 2.10 bits per heavy atom. The maximum Gasteiger partial charge on any atom is 0.270 e. The van der Waals surface area contributed by atoms with Crippen molar-refractivity contribution in [2.45, 2.75) is 25.6 Å². The molecule has 8 nitrogen and oxygen atoms in total. The van der Waals surface area contributed by atoms with Crippen LogP contribution in [0.4, 0.5) is 0 Å². The number of carbonyl (C=O) groups is 2. The first-order valence-electron chi connectivity index (χ1n) is 9.86. The Hall–Kier alpha value is -3.81. The molecule has 0 aliphatic carbocycles. The predicted molar refractivity (Wildman–Crippen MR) is 109 cm³/mol. The molecule has 8 heteroatoms. The Balaban J connectivity index is 1.31. The molecule has 5 rings (SSSR count). The smallest absolute Gasteiger partial charge is 0.270 e. The fraction of sp³-hybridized carbons (Fsp3) is 0.227. The highest BCUT2D eigenvalue weighted by atomic mass is 16.3. The van der Waals surface area contributed by atoms with Crippen LogP contribution in [-0.4, -0.2) is 38.0 Å². The lowest BCUT2D eigenvalue weighted by Gasteiger charge is -2.33. The summed E-state index contributed by atoms with van der Waals surface area (Å²) in [5.74, 6) is 0.500. The molecule has 0 spiro atoms. The third-order valence-electron chi connectivity index (χ3n) is 5.39. The van der Waals surface area contributed by atoms with Crippen LogP contribution in [0.1, 0.15) is 34.4 Å². The molecule has 1 aliphatic rings. The summed E-state index contributed by atoms with van der Waals surface area (Å²) in [5, 5.41) is 8.24. The van der Waals surface area contributed by atoms with E-state index in [0.29, 0.717) is 31.1 Å². The number of nitrogens with one attached hydrogen (secondary N) is 2. The van der Waals surface area contributed by atoms with Crippen LogP contribution in [0.3, 0.4) is 0 Å². The number of aromatic amines is 1. The van der Waals surface area contributed by atoms with E-state index in [2.05, 4.69) is 15.4 Å². The summed E-state index contributed by atoms with van der Waals surface area (Å²) in [4.78, 5) is 30.6. The van der Waals surface area contributed by atoms with Crippen LogP contribution in [0.25, 0.3) is 10.9 Å². The van der Waals surface area contributed by atoms with Crippen molar-refractivity contribution in [3.8, 4) is 0 Å². The van der Waals surface area contributed by atoms with Crippen LogP contribution < -0.4 is 5.32 Å². The highest BCUT2D eigenvalue weighted by Crippen LogP contribution is 2.25. The number of rotatable bonds is 5. The molecule has 1 aromatic carbocycles. The van der Waals surface area contributed by atoms with Gasteiger partial charge in [-0.15, -0.1) is 0 Å². The van der Waals surface area contributed by atoms with Gasteiger partial charge in [0.2, 0.25) is 5.91 Å². The summed E-state index contributed by atoms with van der Waals surface area (Å²) in [6.07, 6.45) is 3.51. The molecular formula is C22H21N5O3. The number of fused-ring (bicyclic) bond motifs is 2. The van der Waals surface area contributed by atoms with Crippen molar-refractivity contribution in [2.75, 3.05) is 6.54 Å². The Bertz CT molecular complexity index is 1160. The van der Waals surface area contributed by atoms with Gasteiger partial charge in [0, 0.05) is 23.6 Å². The molecule has 0 saturated carbocycles. The van der Waals surface area contributed by atoms with Crippen LogP contribution in [0.15, 0.2) is 65.4 Å². The summed E-state index contributed by atoms with van der Waals surface area (Å²) < 4.78 is 7.10. The number of hydrogen-bond donors (Lipinski definition) is 2. The number of amides is 2. The van der Waals surface area contributed by atoms with Gasteiger partial charge in [-0.1, -0.05) is 18.2 Å². The number of benzene rings is 1. The van der Waals surface area contributed by atoms with E-state index in [0.717, 1.165) is 16.6 Å². The van der Waals surface area contributed by atoms with E-state index < -0.39 is 0 Å². The zero-order chi connectivity index (χ0) is 20.5. The largest absolute Gasteiger partial charge is 0.467 e. The van der Waals surface area contributed by atoms with Crippen molar-refractivity contribution in [1.82, 2.24) is 25.0 Å². The quantitative estimate of drug-likeness (QED) is 0.536. The molecule has 152 valence electrons. The first-order valence-corrected chi connectivity index (χ1v) is 9.86. The lowest BCUT2D eigenvalue weighted by Crippen LogP contribution is -2.43. The molecule has 30 heavy (non-hydrogen) atoms. The molecule has 1 atom stereocenters. The Morgan fingerprint density at radius 3 is 2.93 bits per heavy atom. The minimum Gasteiger partial charge on any atom is -0.467 e. The van der Waals surface area contributed by atoms with E-state index >= 15 is 0 Å². The molecule has 3 aromatic heterocycles. The van der Waals surface area contributed by atoms with Gasteiger partial charge in [0.05, 0.1) is 37.5 Å². The molecule has 2 amide bonds. The number of H-pyrrole nitrogens is 1. The molecule has 0 radical (unpaired) electrons. The van der Waals surface area contributed by atoms with Gasteiger partial charge in [-0.3, -0.25) is 14.3 Å². The molecule has 0 fully saturated rings. The van der Waals surface area contributed by atoms with E-state index in [9.17, 15) is 9.59 Å². The first-order chi connectivity index (χ1) is 14.7. The highest BCUT2D eigenvalue weighted by molar-refractivity contribution is 5.98. The van der Waals surface area contributed by atoms with Gasteiger partial charge in [0.1, 0.15) is 11.5 Å². The lowest BCUT2D eigenvalue weighted by molar-refractivity contribution is -0.122. The van der Waals surface area contributed by atoms with Crippen molar-refractivity contribution in [1.29, 1.82) is 0 Å². The molecule has 0 unspecified atom stereocenters. The van der Waals surface area contributed by atoms with Crippen LogP contribution in [0, 0.1) is 0 Å². The number of furan rings is 1. The summed E-state index contributed by atoms with van der Waals surface area (Å²) >= 11 is 0. The third-order valence-corrected chi connectivity index (χ3v) is 5.39. The summed E-state index contributed by atoms with van der Waals surface area (Å²) in [7, 11) is 0. The van der Waals surface area contributed by atoms with Crippen LogP contribution >= 0.6 is 0 Å². The molecule has 0 bridgehead atoms. The number of aromatic nitrogens is 3. The van der Waals surface area contributed by atoms with E-state index in [1.807, 2.05) is 47.1 Å². The second-order valence-corrected chi connectivity index (χ2v) is 7.44. The van der Waals surface area contributed by atoms with Crippen molar-refractivity contribution < 1.29 is 14.0 Å². The molecule has 0 saturated heterocycles. The second kappa shape index (κ2) is 7.55. The third kappa shape index (κ3) is 3.47. The van der Waals surface area contributed by atoms with Crippen molar-refractivity contribution >= 4 is 22.7 Å². The van der Waals surface area contributed by atoms with Crippen LogP contribution in [0.5, 0.6) is 0 Å². The van der Waals surface area contributed by atoms with Gasteiger partial charge < -0.3 is 19.6 Å². The maximum absolute atomic E-state index is 13.2. The van der Waals surface area contributed by atoms with E-state index in [4.69, 9.17) is 4.42 Å². The zero-order valence-electron chi connectivity index (χ0n) is 16.2. The minimum absolute atomic E-state index is 0.0837. The molecule has 1 aliphatic heterocycles. The summed E-state index contributed by atoms with van der Waals surface area (Å²) in [5.41, 5.74) is 2.39. The molecule has 4 aromatic rings. The van der Waals surface area contributed by atoms with Gasteiger partial charge in [-0.2, -0.15) is 5.10 Å². The van der Waals surface area contributed by atoms with Crippen LogP contribution in [-0.2, 0) is 17.9 Å². The fourth-order valence-corrected chi connectivity index (χ4v) is 3.94. The minimum atomic E-state index is -0.228. The molecular weight excluding hydrogens is 382 g/mol. The Labute approximate surface area is 172 Å². The number of nitrogens with zero attached hydrogens (tertiary/aromatic N) is 3. The maximum atomic E-state index is 13.2. The summed E-state index contributed by atoms with van der Waals surface area (Å²) in [6, 6.07) is 14.9. The van der Waals surface area contributed by atoms with Gasteiger partial charge in [-0.25, -0.2) is 0 Å². The average molecular weight is 403 g/mol. The average Bonchev–Trinajstić information content (AvgIpc) is 3.51. The van der Waals surface area contributed by atoms with Gasteiger partial charge in [-0.05, 0) is 30.3 Å². The van der Waals surface area contributed by atoms with Crippen LogP contribution in [0.2, 0.25) is 0 Å². The SMILES string of the molecule is O=C(C[C@@H]1CN(C(=O)c2cc3ccccc3[nH]2)Cc2ccnn21)NCc1ccco1. The number of para-hydroxylation sites is 1. The van der Waals surface area contributed by atoms with Gasteiger partial charge >= 0.3 is 0 Å². The number of carbonyl (C=O) groups excluding carboxylic acids is 2. The number of hydrogen-bond acceptors (Lipinski definition) is 4. The van der Waals surface area contributed by atoms with E-state index in [1.165, 1.54) is 0 Å². The standard InChI is InChI=1S/C22H21N5O3/c28-21(23-12-18-5-3-9-30-18)11-17-14-26(13-16-7-8-24-27(16)17)22(29)20-10-15-4-1-2-6-19(15)25-20/h1-10,17,25H,11-14H2,(H,23,28)/t17-/m1/s1. The fourth-order valence-electron chi connectivity index (χ4n) is 3.94. The van der Waals surface area contributed by atoms with E-state index in [1.54, 1.807) is 23.4 Å². The lowest BCUT2D eigenvalue weighted by atomic mass is 10.1. The highest BCUT2D eigenvalue weighted by Gasteiger charge is 2.31.